The third kappa shape index (κ3) is 2.45. The Bertz CT molecular complexity index is 873. The molecule has 3 N–H and O–H groups in total. The minimum Gasteiger partial charge on any atom is -0.366 e. The number of aromatic nitrogens is 2. The smallest absolute Gasteiger partial charge is 0.326 e. The lowest BCUT2D eigenvalue weighted by Crippen LogP contribution is -2.17. The van der Waals surface area contributed by atoms with Crippen LogP contribution in [-0.4, -0.2) is 15.5 Å². The zero-order chi connectivity index (χ0) is 15.0. The van der Waals surface area contributed by atoms with Crippen LogP contribution >= 0.6 is 0 Å². The van der Waals surface area contributed by atoms with Crippen molar-refractivity contribution < 1.29 is 4.79 Å². The number of benzene rings is 2. The topological polar surface area (TPSA) is 80.9 Å². The SMILES string of the molecule is Cc1ccc2c(c1)[nH]c(=O)n2Cc1ccc(C(N)=O)cc1. The van der Waals surface area contributed by atoms with E-state index in [-0.39, 0.29) is 5.69 Å². The maximum absolute atomic E-state index is 12.1. The number of carbonyl (C=O) groups is 1. The zero-order valence-electron chi connectivity index (χ0n) is 11.6. The third-order valence-corrected chi connectivity index (χ3v) is 3.51. The van der Waals surface area contributed by atoms with Crippen LogP contribution in [0.25, 0.3) is 11.0 Å². The molecule has 3 rings (SSSR count). The molecule has 1 aromatic heterocycles. The number of aromatic amines is 1. The number of fused-ring (bicyclic) bond motifs is 1. The summed E-state index contributed by atoms with van der Waals surface area (Å²) < 4.78 is 1.67. The predicted octanol–water partition coefficient (Wildman–Crippen LogP) is 1.79. The Kier molecular flexibility index (Phi) is 3.10. The first-order chi connectivity index (χ1) is 10.0. The summed E-state index contributed by atoms with van der Waals surface area (Å²) in [6, 6.07) is 12.8. The summed E-state index contributed by atoms with van der Waals surface area (Å²) in [7, 11) is 0. The van der Waals surface area contributed by atoms with Gasteiger partial charge < -0.3 is 10.7 Å². The minimum absolute atomic E-state index is 0.144. The summed E-state index contributed by atoms with van der Waals surface area (Å²) in [5.74, 6) is -0.457. The van der Waals surface area contributed by atoms with Gasteiger partial charge in [0.2, 0.25) is 5.91 Å². The molecule has 0 saturated heterocycles. The Labute approximate surface area is 121 Å². The van der Waals surface area contributed by atoms with E-state index in [1.165, 1.54) is 0 Å². The van der Waals surface area contributed by atoms with Gasteiger partial charge in [-0.2, -0.15) is 0 Å². The lowest BCUT2D eigenvalue weighted by molar-refractivity contribution is 0.100. The van der Waals surface area contributed by atoms with Gasteiger partial charge in [-0.25, -0.2) is 4.79 Å². The van der Waals surface area contributed by atoms with Crippen molar-refractivity contribution >= 4 is 16.9 Å². The van der Waals surface area contributed by atoms with Crippen LogP contribution in [0.5, 0.6) is 0 Å². The summed E-state index contributed by atoms with van der Waals surface area (Å²) in [6.07, 6.45) is 0. The quantitative estimate of drug-likeness (QED) is 0.767. The first-order valence-electron chi connectivity index (χ1n) is 6.62. The van der Waals surface area contributed by atoms with Crippen LogP contribution < -0.4 is 11.4 Å². The van der Waals surface area contributed by atoms with Crippen LogP contribution in [0.15, 0.2) is 47.3 Å². The Balaban J connectivity index is 1.99. The van der Waals surface area contributed by atoms with Crippen molar-refractivity contribution in [3.8, 4) is 0 Å². The van der Waals surface area contributed by atoms with Gasteiger partial charge in [0, 0.05) is 5.56 Å². The maximum Gasteiger partial charge on any atom is 0.326 e. The van der Waals surface area contributed by atoms with Crippen molar-refractivity contribution in [3.63, 3.8) is 0 Å². The Morgan fingerprint density at radius 3 is 2.57 bits per heavy atom. The zero-order valence-corrected chi connectivity index (χ0v) is 11.6. The Morgan fingerprint density at radius 1 is 1.19 bits per heavy atom. The third-order valence-electron chi connectivity index (χ3n) is 3.51. The van der Waals surface area contributed by atoms with Crippen LogP contribution in [0, 0.1) is 6.92 Å². The van der Waals surface area contributed by atoms with Crippen LogP contribution in [-0.2, 0) is 6.54 Å². The molecule has 0 spiro atoms. The number of nitrogens with zero attached hydrogens (tertiary/aromatic N) is 1. The molecule has 0 unspecified atom stereocenters. The molecular weight excluding hydrogens is 266 g/mol. The highest BCUT2D eigenvalue weighted by Crippen LogP contribution is 2.14. The van der Waals surface area contributed by atoms with Gasteiger partial charge in [-0.1, -0.05) is 18.2 Å². The van der Waals surface area contributed by atoms with Gasteiger partial charge in [-0.15, -0.1) is 0 Å². The fourth-order valence-electron chi connectivity index (χ4n) is 2.39. The van der Waals surface area contributed by atoms with Crippen molar-refractivity contribution in [2.75, 3.05) is 0 Å². The average molecular weight is 281 g/mol. The van der Waals surface area contributed by atoms with Gasteiger partial charge in [0.05, 0.1) is 17.6 Å². The lowest BCUT2D eigenvalue weighted by atomic mass is 10.1. The van der Waals surface area contributed by atoms with Gasteiger partial charge in [-0.3, -0.25) is 9.36 Å². The number of rotatable bonds is 3. The van der Waals surface area contributed by atoms with E-state index < -0.39 is 5.91 Å². The number of nitrogens with one attached hydrogen (secondary N) is 1. The molecule has 5 nitrogen and oxygen atoms in total. The Hall–Kier alpha value is -2.82. The predicted molar refractivity (Wildman–Crippen MR) is 81.4 cm³/mol. The van der Waals surface area contributed by atoms with Crippen LogP contribution in [0.3, 0.4) is 0 Å². The van der Waals surface area contributed by atoms with E-state index in [0.717, 1.165) is 22.2 Å². The van der Waals surface area contributed by atoms with Crippen LogP contribution in [0.4, 0.5) is 0 Å². The number of H-pyrrole nitrogens is 1. The van der Waals surface area contributed by atoms with Crippen molar-refractivity contribution in [3.05, 3.63) is 69.6 Å². The average Bonchev–Trinajstić information content (AvgIpc) is 2.75. The standard InChI is InChI=1S/C16H15N3O2/c1-10-2-7-14-13(8-10)18-16(21)19(14)9-11-3-5-12(6-4-11)15(17)20/h2-8H,9H2,1H3,(H2,17,20)(H,18,21). The Morgan fingerprint density at radius 2 is 1.90 bits per heavy atom. The number of imidazole rings is 1. The second-order valence-electron chi connectivity index (χ2n) is 5.10. The highest BCUT2D eigenvalue weighted by molar-refractivity contribution is 5.92. The summed E-state index contributed by atoms with van der Waals surface area (Å²) in [4.78, 5) is 26.0. The molecule has 3 aromatic rings. The number of hydrogen-bond acceptors (Lipinski definition) is 2. The fraction of sp³-hybridized carbons (Fsp3) is 0.125. The molecule has 0 fully saturated rings. The lowest BCUT2D eigenvalue weighted by Gasteiger charge is -2.05. The van der Waals surface area contributed by atoms with Crippen molar-refractivity contribution in [2.45, 2.75) is 13.5 Å². The van der Waals surface area contributed by atoms with Crippen LogP contribution in [0.1, 0.15) is 21.5 Å². The van der Waals surface area contributed by atoms with Crippen LogP contribution in [0.2, 0.25) is 0 Å². The van der Waals surface area contributed by atoms with Gasteiger partial charge in [0.1, 0.15) is 0 Å². The van der Waals surface area contributed by atoms with E-state index in [1.54, 1.807) is 28.8 Å². The largest absolute Gasteiger partial charge is 0.366 e. The van der Waals surface area contributed by atoms with E-state index >= 15 is 0 Å². The van der Waals surface area contributed by atoms with Crippen molar-refractivity contribution in [2.24, 2.45) is 5.73 Å². The van der Waals surface area contributed by atoms with E-state index in [0.29, 0.717) is 12.1 Å². The molecule has 106 valence electrons. The van der Waals surface area contributed by atoms with E-state index in [1.807, 2.05) is 25.1 Å². The number of primary amides is 1. The number of amides is 1. The molecule has 0 saturated carbocycles. The molecular formula is C16H15N3O2. The highest BCUT2D eigenvalue weighted by Gasteiger charge is 2.08. The summed E-state index contributed by atoms with van der Waals surface area (Å²) in [5.41, 5.74) is 9.25. The number of nitrogens with two attached hydrogens (primary N) is 1. The molecule has 0 radical (unpaired) electrons. The highest BCUT2D eigenvalue weighted by atomic mass is 16.1. The van der Waals surface area contributed by atoms with E-state index in [9.17, 15) is 9.59 Å². The molecule has 5 heteroatoms. The monoisotopic (exact) mass is 281 g/mol. The normalized spacial score (nSPS) is 10.9. The first-order valence-corrected chi connectivity index (χ1v) is 6.62. The van der Waals surface area contributed by atoms with Gasteiger partial charge >= 0.3 is 5.69 Å². The van der Waals surface area contributed by atoms with Crippen molar-refractivity contribution in [1.29, 1.82) is 0 Å². The molecule has 1 heterocycles. The summed E-state index contributed by atoms with van der Waals surface area (Å²) >= 11 is 0. The molecule has 0 aliphatic heterocycles. The number of hydrogen-bond donors (Lipinski definition) is 2. The second-order valence-corrected chi connectivity index (χ2v) is 5.10. The summed E-state index contributed by atoms with van der Waals surface area (Å²) in [6.45, 7) is 2.43. The molecule has 21 heavy (non-hydrogen) atoms. The molecule has 2 aromatic carbocycles. The van der Waals surface area contributed by atoms with Crippen molar-refractivity contribution in [1.82, 2.24) is 9.55 Å². The minimum atomic E-state index is -0.457. The molecule has 0 aliphatic rings. The molecule has 1 amide bonds. The van der Waals surface area contributed by atoms with Gasteiger partial charge in [-0.05, 0) is 42.3 Å². The maximum atomic E-state index is 12.1. The van der Waals surface area contributed by atoms with E-state index in [4.69, 9.17) is 5.73 Å². The molecule has 0 atom stereocenters. The van der Waals surface area contributed by atoms with Gasteiger partial charge in [0.25, 0.3) is 0 Å². The molecule has 0 aliphatic carbocycles. The summed E-state index contributed by atoms with van der Waals surface area (Å²) in [5, 5.41) is 0. The second kappa shape index (κ2) is 4.94. The molecule has 0 bridgehead atoms. The number of carbonyl (C=O) groups excluding carboxylic acids is 1. The van der Waals surface area contributed by atoms with E-state index in [2.05, 4.69) is 4.98 Å². The van der Waals surface area contributed by atoms with Gasteiger partial charge in [0.15, 0.2) is 0 Å². The fourth-order valence-corrected chi connectivity index (χ4v) is 2.39. The number of aryl methyl sites for hydroxylation is 1. The first kappa shape index (κ1) is 13.2.